The fourth-order valence-electron chi connectivity index (χ4n) is 2.97. The van der Waals surface area contributed by atoms with E-state index >= 15 is 0 Å². The zero-order valence-corrected chi connectivity index (χ0v) is 19.1. The Morgan fingerprint density at radius 1 is 0.914 bits per heavy atom. The van der Waals surface area contributed by atoms with Gasteiger partial charge in [-0.2, -0.15) is 5.26 Å². The summed E-state index contributed by atoms with van der Waals surface area (Å²) in [5, 5.41) is 24.1. The number of phenolic OH excluding ortho intramolecular Hbond substituents is 1. The fraction of sp³-hybridized carbons (Fsp3) is 0.115. The molecule has 3 aromatic carbocycles. The molecule has 0 aliphatic rings. The maximum Gasteiger partial charge on any atom is 0.266 e. The van der Waals surface area contributed by atoms with Crippen LogP contribution in [0, 0.1) is 11.3 Å². The Kier molecular flexibility index (Phi) is 8.29. The summed E-state index contributed by atoms with van der Waals surface area (Å²) in [6.45, 7) is -0.254. The number of phenols is 1. The third-order valence-electron chi connectivity index (χ3n) is 4.72. The minimum Gasteiger partial charge on any atom is -0.508 e. The Morgan fingerprint density at radius 3 is 2.20 bits per heavy atom. The molecule has 0 fully saturated rings. The quantitative estimate of drug-likeness (QED) is 0.244. The van der Waals surface area contributed by atoms with Gasteiger partial charge in [-0.15, -0.1) is 0 Å². The van der Waals surface area contributed by atoms with Crippen LogP contribution in [0.5, 0.6) is 23.0 Å². The van der Waals surface area contributed by atoms with Crippen molar-refractivity contribution in [3.05, 3.63) is 77.9 Å². The number of anilines is 2. The Morgan fingerprint density at radius 2 is 1.57 bits per heavy atom. The number of hydrogen-bond acceptors (Lipinski definition) is 7. The predicted molar refractivity (Wildman–Crippen MR) is 130 cm³/mol. The second-order valence-corrected chi connectivity index (χ2v) is 7.15. The van der Waals surface area contributed by atoms with E-state index in [2.05, 4.69) is 10.6 Å². The molecule has 9 nitrogen and oxygen atoms in total. The molecule has 0 aliphatic heterocycles. The zero-order valence-electron chi connectivity index (χ0n) is 19.1. The van der Waals surface area contributed by atoms with Crippen molar-refractivity contribution in [1.82, 2.24) is 0 Å². The number of carbonyl (C=O) groups is 2. The number of ether oxygens (including phenoxy) is 3. The van der Waals surface area contributed by atoms with Crippen LogP contribution in [0.25, 0.3) is 6.08 Å². The molecule has 178 valence electrons. The summed E-state index contributed by atoms with van der Waals surface area (Å²) < 4.78 is 16.0. The van der Waals surface area contributed by atoms with E-state index in [1.165, 1.54) is 37.5 Å². The van der Waals surface area contributed by atoms with E-state index in [1.54, 1.807) is 49.6 Å². The number of amides is 2. The van der Waals surface area contributed by atoms with Crippen molar-refractivity contribution in [3.8, 4) is 29.1 Å². The Bertz CT molecular complexity index is 1260. The molecule has 0 spiro atoms. The van der Waals surface area contributed by atoms with Gasteiger partial charge in [0.05, 0.1) is 14.2 Å². The SMILES string of the molecule is COc1ccc(NC(=O)COc2ccc(C=C(C#N)C(=O)Nc3ccc(O)cc3)cc2OC)cc1. The average molecular weight is 473 g/mol. The molecule has 3 aromatic rings. The molecule has 2 amide bonds. The first-order valence-corrected chi connectivity index (χ1v) is 10.4. The molecular weight excluding hydrogens is 450 g/mol. The minimum absolute atomic E-state index is 0.0617. The highest BCUT2D eigenvalue weighted by atomic mass is 16.5. The second kappa shape index (κ2) is 11.8. The van der Waals surface area contributed by atoms with E-state index in [9.17, 15) is 20.0 Å². The fourth-order valence-corrected chi connectivity index (χ4v) is 2.97. The number of aromatic hydroxyl groups is 1. The van der Waals surface area contributed by atoms with E-state index in [4.69, 9.17) is 14.2 Å². The van der Waals surface area contributed by atoms with E-state index in [-0.39, 0.29) is 23.8 Å². The van der Waals surface area contributed by atoms with E-state index < -0.39 is 5.91 Å². The summed E-state index contributed by atoms with van der Waals surface area (Å²) in [5.41, 5.74) is 1.42. The standard InChI is InChI=1S/C26H23N3O6/c1-33-22-10-6-19(7-11-22)28-25(31)16-35-23-12-3-17(14-24(23)34-2)13-18(15-27)26(32)29-20-4-8-21(30)9-5-20/h3-14,30H,16H2,1-2H3,(H,28,31)(H,29,32). The first-order chi connectivity index (χ1) is 16.9. The van der Waals surface area contributed by atoms with Gasteiger partial charge in [0.2, 0.25) is 0 Å². The van der Waals surface area contributed by atoms with Gasteiger partial charge in [-0.25, -0.2) is 0 Å². The van der Waals surface area contributed by atoms with Gasteiger partial charge >= 0.3 is 0 Å². The van der Waals surface area contributed by atoms with Crippen LogP contribution in [0.4, 0.5) is 11.4 Å². The first kappa shape index (κ1) is 24.7. The molecule has 0 saturated heterocycles. The summed E-state index contributed by atoms with van der Waals surface area (Å²) in [7, 11) is 3.00. The van der Waals surface area contributed by atoms with Gasteiger partial charge in [0.1, 0.15) is 23.1 Å². The highest BCUT2D eigenvalue weighted by Gasteiger charge is 2.12. The minimum atomic E-state index is -0.604. The third kappa shape index (κ3) is 7.00. The molecular formula is C26H23N3O6. The largest absolute Gasteiger partial charge is 0.508 e. The number of nitrogens with zero attached hydrogens (tertiary/aromatic N) is 1. The van der Waals surface area contributed by atoms with Crippen molar-refractivity contribution in [1.29, 1.82) is 5.26 Å². The maximum absolute atomic E-state index is 12.4. The molecule has 0 unspecified atom stereocenters. The van der Waals surface area contributed by atoms with Crippen LogP contribution < -0.4 is 24.8 Å². The first-order valence-electron chi connectivity index (χ1n) is 10.4. The van der Waals surface area contributed by atoms with Gasteiger partial charge in [-0.05, 0) is 72.3 Å². The van der Waals surface area contributed by atoms with Crippen LogP contribution in [-0.2, 0) is 9.59 Å². The van der Waals surface area contributed by atoms with Gasteiger partial charge in [0.15, 0.2) is 18.1 Å². The van der Waals surface area contributed by atoms with E-state index in [0.29, 0.717) is 34.2 Å². The molecule has 3 rings (SSSR count). The van der Waals surface area contributed by atoms with Crippen molar-refractivity contribution >= 4 is 29.3 Å². The van der Waals surface area contributed by atoms with Crippen molar-refractivity contribution < 1.29 is 28.9 Å². The van der Waals surface area contributed by atoms with Gasteiger partial charge in [0, 0.05) is 11.4 Å². The second-order valence-electron chi connectivity index (χ2n) is 7.15. The smallest absolute Gasteiger partial charge is 0.266 e. The molecule has 0 aromatic heterocycles. The Hall–Kier alpha value is -4.97. The number of rotatable bonds is 9. The molecule has 0 bridgehead atoms. The van der Waals surface area contributed by atoms with Crippen LogP contribution in [0.15, 0.2) is 72.3 Å². The van der Waals surface area contributed by atoms with Crippen molar-refractivity contribution in [2.24, 2.45) is 0 Å². The molecule has 35 heavy (non-hydrogen) atoms. The van der Waals surface area contributed by atoms with Gasteiger partial charge in [0.25, 0.3) is 11.8 Å². The number of hydrogen-bond donors (Lipinski definition) is 3. The van der Waals surface area contributed by atoms with Crippen LogP contribution >= 0.6 is 0 Å². The number of carbonyl (C=O) groups excluding carboxylic acids is 2. The highest BCUT2D eigenvalue weighted by Crippen LogP contribution is 2.29. The molecule has 0 aliphatic carbocycles. The summed E-state index contributed by atoms with van der Waals surface area (Å²) in [5.74, 6) is 0.419. The Labute approximate surface area is 202 Å². The summed E-state index contributed by atoms with van der Waals surface area (Å²) in [6, 6.07) is 19.4. The molecule has 0 heterocycles. The van der Waals surface area contributed by atoms with Crippen molar-refractivity contribution in [2.75, 3.05) is 31.5 Å². The third-order valence-corrected chi connectivity index (χ3v) is 4.72. The van der Waals surface area contributed by atoms with Crippen LogP contribution in [0.3, 0.4) is 0 Å². The molecule has 0 radical (unpaired) electrons. The lowest BCUT2D eigenvalue weighted by Crippen LogP contribution is -2.20. The number of nitriles is 1. The predicted octanol–water partition coefficient (Wildman–Crippen LogP) is 3.97. The van der Waals surface area contributed by atoms with E-state index in [1.807, 2.05) is 6.07 Å². The summed E-state index contributed by atoms with van der Waals surface area (Å²) in [4.78, 5) is 24.7. The van der Waals surface area contributed by atoms with Gasteiger partial charge in [-0.3, -0.25) is 9.59 Å². The molecule has 0 atom stereocenters. The maximum atomic E-state index is 12.4. The summed E-state index contributed by atoms with van der Waals surface area (Å²) >= 11 is 0. The van der Waals surface area contributed by atoms with Crippen LogP contribution in [0.2, 0.25) is 0 Å². The number of methoxy groups -OCH3 is 2. The number of benzene rings is 3. The van der Waals surface area contributed by atoms with Gasteiger partial charge in [-0.1, -0.05) is 6.07 Å². The summed E-state index contributed by atoms with van der Waals surface area (Å²) in [6.07, 6.45) is 1.40. The topological polar surface area (TPSA) is 130 Å². The average Bonchev–Trinajstić information content (AvgIpc) is 2.88. The van der Waals surface area contributed by atoms with E-state index in [0.717, 1.165) is 0 Å². The lowest BCUT2D eigenvalue weighted by molar-refractivity contribution is -0.118. The Balaban J connectivity index is 1.65. The van der Waals surface area contributed by atoms with Crippen molar-refractivity contribution in [2.45, 2.75) is 0 Å². The zero-order chi connectivity index (χ0) is 25.2. The molecule has 9 heteroatoms. The lowest BCUT2D eigenvalue weighted by Gasteiger charge is -2.12. The lowest BCUT2D eigenvalue weighted by atomic mass is 10.1. The molecule has 3 N–H and O–H groups in total. The molecule has 0 saturated carbocycles. The van der Waals surface area contributed by atoms with Crippen molar-refractivity contribution in [3.63, 3.8) is 0 Å². The van der Waals surface area contributed by atoms with Crippen LogP contribution in [-0.4, -0.2) is 37.7 Å². The monoisotopic (exact) mass is 473 g/mol. The number of nitrogens with one attached hydrogen (secondary N) is 2. The van der Waals surface area contributed by atoms with Crippen LogP contribution in [0.1, 0.15) is 5.56 Å². The normalized spacial score (nSPS) is 10.6. The highest BCUT2D eigenvalue weighted by molar-refractivity contribution is 6.09. The van der Waals surface area contributed by atoms with Gasteiger partial charge < -0.3 is 30.0 Å².